The van der Waals surface area contributed by atoms with E-state index >= 15 is 0 Å². The summed E-state index contributed by atoms with van der Waals surface area (Å²) in [6, 6.07) is -0.406. The summed E-state index contributed by atoms with van der Waals surface area (Å²) >= 11 is 0. The summed E-state index contributed by atoms with van der Waals surface area (Å²) in [4.78, 5) is 11.0. The van der Waals surface area contributed by atoms with Crippen molar-refractivity contribution >= 4 is 6.09 Å². The lowest BCUT2D eigenvalue weighted by atomic mass is 10.3. The molecule has 13 heavy (non-hydrogen) atoms. The van der Waals surface area contributed by atoms with Gasteiger partial charge >= 0.3 is 6.09 Å². The van der Waals surface area contributed by atoms with E-state index < -0.39 is 12.1 Å². The lowest BCUT2D eigenvalue weighted by molar-refractivity contribution is 0.0901. The van der Waals surface area contributed by atoms with Crippen LogP contribution in [0.2, 0.25) is 0 Å². The largest absolute Gasteiger partial charge is 0.447 e. The second-order valence-electron chi connectivity index (χ2n) is 2.93. The van der Waals surface area contributed by atoms with Crippen LogP contribution >= 0.6 is 0 Å². The molecule has 2 N–H and O–H groups in total. The van der Waals surface area contributed by atoms with E-state index in [9.17, 15) is 4.79 Å². The molecule has 0 aliphatic carbocycles. The van der Waals surface area contributed by atoms with Crippen molar-refractivity contribution in [2.45, 2.75) is 26.0 Å². The summed E-state index contributed by atoms with van der Waals surface area (Å²) in [6.45, 7) is 3.61. The molecule has 5 heteroatoms. The normalized spacial score (nSPS) is 12.7. The predicted molar refractivity (Wildman–Crippen MR) is 47.5 cm³/mol. The Bertz CT molecular complexity index is 149. The zero-order valence-corrected chi connectivity index (χ0v) is 8.24. The molecule has 1 amide bonds. The van der Waals surface area contributed by atoms with Gasteiger partial charge in [-0.3, -0.25) is 0 Å². The van der Waals surface area contributed by atoms with Crippen molar-refractivity contribution in [3.63, 3.8) is 0 Å². The number of alkyl carbamates (subject to hydrolysis) is 1. The summed E-state index contributed by atoms with van der Waals surface area (Å²) in [5.41, 5.74) is 0. The first-order chi connectivity index (χ1) is 6.10. The molecule has 1 unspecified atom stereocenters. The molecule has 0 aromatic rings. The minimum Gasteiger partial charge on any atom is -0.447 e. The Morgan fingerprint density at radius 2 is 2.15 bits per heavy atom. The molecule has 0 radical (unpaired) electrons. The third kappa shape index (κ3) is 6.36. The molecule has 0 heterocycles. The standard InChI is InChI=1S/C8H17NO4/c1-6(2)13-8(11)9-7(4-10)5-12-3/h6-7,10H,4-5H2,1-3H3,(H,9,11). The van der Waals surface area contributed by atoms with Crippen LogP contribution in [-0.2, 0) is 9.47 Å². The first kappa shape index (κ1) is 12.2. The van der Waals surface area contributed by atoms with Crippen molar-refractivity contribution in [3.05, 3.63) is 0 Å². The van der Waals surface area contributed by atoms with Crippen molar-refractivity contribution in [1.29, 1.82) is 0 Å². The Balaban J connectivity index is 3.73. The van der Waals surface area contributed by atoms with E-state index in [1.165, 1.54) is 7.11 Å². The number of methoxy groups -OCH3 is 1. The van der Waals surface area contributed by atoms with Gasteiger partial charge in [0.1, 0.15) is 0 Å². The molecule has 0 saturated heterocycles. The molecular formula is C8H17NO4. The molecule has 0 aromatic heterocycles. The number of hydrogen-bond acceptors (Lipinski definition) is 4. The van der Waals surface area contributed by atoms with Crippen molar-refractivity contribution in [3.8, 4) is 0 Å². The molecule has 5 nitrogen and oxygen atoms in total. The number of aliphatic hydroxyl groups excluding tert-OH is 1. The van der Waals surface area contributed by atoms with Gasteiger partial charge in [-0.25, -0.2) is 4.79 Å². The third-order valence-electron chi connectivity index (χ3n) is 1.25. The van der Waals surface area contributed by atoms with Crippen LogP contribution in [0.1, 0.15) is 13.8 Å². The topological polar surface area (TPSA) is 67.8 Å². The molecule has 0 rings (SSSR count). The van der Waals surface area contributed by atoms with Gasteiger partial charge in [0.25, 0.3) is 0 Å². The van der Waals surface area contributed by atoms with Gasteiger partial charge in [0, 0.05) is 7.11 Å². The Morgan fingerprint density at radius 1 is 1.54 bits per heavy atom. The van der Waals surface area contributed by atoms with Crippen LogP contribution in [0.3, 0.4) is 0 Å². The number of nitrogens with one attached hydrogen (secondary N) is 1. The first-order valence-electron chi connectivity index (χ1n) is 4.17. The Morgan fingerprint density at radius 3 is 2.54 bits per heavy atom. The summed E-state index contributed by atoms with van der Waals surface area (Å²) in [7, 11) is 1.50. The molecule has 0 aliphatic heterocycles. The molecular weight excluding hydrogens is 174 g/mol. The maximum Gasteiger partial charge on any atom is 0.407 e. The number of aliphatic hydroxyl groups is 1. The van der Waals surface area contributed by atoms with Gasteiger partial charge in [0.2, 0.25) is 0 Å². The van der Waals surface area contributed by atoms with Crippen molar-refractivity contribution < 1.29 is 19.4 Å². The van der Waals surface area contributed by atoms with Gasteiger partial charge in [-0.2, -0.15) is 0 Å². The summed E-state index contributed by atoms with van der Waals surface area (Å²) < 4.78 is 9.58. The average Bonchev–Trinajstić information content (AvgIpc) is 2.02. The van der Waals surface area contributed by atoms with Crippen LogP contribution in [0.5, 0.6) is 0 Å². The van der Waals surface area contributed by atoms with E-state index in [-0.39, 0.29) is 19.3 Å². The number of hydrogen-bond donors (Lipinski definition) is 2. The van der Waals surface area contributed by atoms with E-state index in [1.807, 2.05) is 0 Å². The highest BCUT2D eigenvalue weighted by Crippen LogP contribution is 1.91. The molecule has 0 bridgehead atoms. The lowest BCUT2D eigenvalue weighted by Crippen LogP contribution is -2.41. The minimum absolute atomic E-state index is 0.165. The maximum atomic E-state index is 11.0. The van der Waals surface area contributed by atoms with Gasteiger partial charge in [-0.05, 0) is 13.8 Å². The van der Waals surface area contributed by atoms with E-state index in [1.54, 1.807) is 13.8 Å². The van der Waals surface area contributed by atoms with E-state index in [2.05, 4.69) is 5.32 Å². The third-order valence-corrected chi connectivity index (χ3v) is 1.25. The Kier molecular flexibility index (Phi) is 6.26. The maximum absolute atomic E-state index is 11.0. The van der Waals surface area contributed by atoms with Crippen LogP contribution in [0.15, 0.2) is 0 Å². The highest BCUT2D eigenvalue weighted by molar-refractivity contribution is 5.67. The van der Waals surface area contributed by atoms with Crippen LogP contribution in [-0.4, -0.2) is 43.7 Å². The van der Waals surface area contributed by atoms with E-state index in [0.29, 0.717) is 0 Å². The van der Waals surface area contributed by atoms with Gasteiger partial charge in [-0.15, -0.1) is 0 Å². The quantitative estimate of drug-likeness (QED) is 0.648. The van der Waals surface area contributed by atoms with Crippen molar-refractivity contribution in [1.82, 2.24) is 5.32 Å². The number of carbonyl (C=O) groups is 1. The Hall–Kier alpha value is -0.810. The van der Waals surface area contributed by atoms with E-state index in [0.717, 1.165) is 0 Å². The fourth-order valence-corrected chi connectivity index (χ4v) is 0.756. The highest BCUT2D eigenvalue weighted by Gasteiger charge is 2.12. The molecule has 0 spiro atoms. The van der Waals surface area contributed by atoms with Crippen LogP contribution < -0.4 is 5.32 Å². The molecule has 0 aliphatic rings. The second-order valence-corrected chi connectivity index (χ2v) is 2.93. The molecule has 1 atom stereocenters. The fraction of sp³-hybridized carbons (Fsp3) is 0.875. The molecule has 0 fully saturated rings. The highest BCUT2D eigenvalue weighted by atomic mass is 16.6. The molecule has 0 aromatic carbocycles. The zero-order chi connectivity index (χ0) is 10.3. The number of amides is 1. The van der Waals surface area contributed by atoms with E-state index in [4.69, 9.17) is 14.6 Å². The van der Waals surface area contributed by atoms with Gasteiger partial charge < -0.3 is 19.9 Å². The van der Waals surface area contributed by atoms with Crippen LogP contribution in [0.25, 0.3) is 0 Å². The summed E-state index contributed by atoms with van der Waals surface area (Å²) in [5.74, 6) is 0. The van der Waals surface area contributed by atoms with Gasteiger partial charge in [0.05, 0.1) is 25.4 Å². The average molecular weight is 191 g/mol. The lowest BCUT2D eigenvalue weighted by Gasteiger charge is -2.16. The minimum atomic E-state index is -0.536. The monoisotopic (exact) mass is 191 g/mol. The zero-order valence-electron chi connectivity index (χ0n) is 8.24. The fourth-order valence-electron chi connectivity index (χ4n) is 0.756. The summed E-state index contributed by atoms with van der Waals surface area (Å²) in [6.07, 6.45) is -0.701. The Labute approximate surface area is 78.0 Å². The number of rotatable bonds is 5. The number of ether oxygens (including phenoxy) is 2. The first-order valence-corrected chi connectivity index (χ1v) is 4.17. The van der Waals surface area contributed by atoms with Crippen molar-refractivity contribution in [2.75, 3.05) is 20.3 Å². The van der Waals surface area contributed by atoms with Crippen LogP contribution in [0, 0.1) is 0 Å². The smallest absolute Gasteiger partial charge is 0.407 e. The second kappa shape index (κ2) is 6.68. The van der Waals surface area contributed by atoms with Gasteiger partial charge in [-0.1, -0.05) is 0 Å². The number of carbonyl (C=O) groups excluding carboxylic acids is 1. The molecule has 0 saturated carbocycles. The summed E-state index contributed by atoms with van der Waals surface area (Å²) in [5, 5.41) is 11.3. The predicted octanol–water partition coefficient (Wildman–Crippen LogP) is 0.128. The van der Waals surface area contributed by atoms with Crippen LogP contribution in [0.4, 0.5) is 4.79 Å². The van der Waals surface area contributed by atoms with Gasteiger partial charge in [0.15, 0.2) is 0 Å². The molecule has 78 valence electrons. The SMILES string of the molecule is COCC(CO)NC(=O)OC(C)C. The van der Waals surface area contributed by atoms with Crippen molar-refractivity contribution in [2.24, 2.45) is 0 Å².